The van der Waals surface area contributed by atoms with E-state index >= 15 is 0 Å². The molecule has 1 N–H and O–H groups in total. The van der Waals surface area contributed by atoms with Crippen LogP contribution in [0.5, 0.6) is 0 Å². The number of carbonyl (C=O) groups is 2. The highest BCUT2D eigenvalue weighted by Gasteiger charge is 2.33. The summed E-state index contributed by atoms with van der Waals surface area (Å²) in [6.07, 6.45) is 7.87. The molecule has 2 aliphatic rings. The number of nitrogens with zero attached hydrogens (tertiary/aromatic N) is 3. The first-order valence-electron chi connectivity index (χ1n) is 10.9. The van der Waals surface area contributed by atoms with E-state index in [4.69, 9.17) is 0 Å². The number of aromatic nitrogens is 2. The lowest BCUT2D eigenvalue weighted by molar-refractivity contribution is 0.0566. The molecule has 7 heteroatoms. The number of rotatable bonds is 4. The van der Waals surface area contributed by atoms with Gasteiger partial charge in [0.05, 0.1) is 11.0 Å². The van der Waals surface area contributed by atoms with Crippen molar-refractivity contribution in [1.29, 1.82) is 0 Å². The van der Waals surface area contributed by atoms with E-state index in [1.165, 1.54) is 19.3 Å². The third-order valence-corrected chi connectivity index (χ3v) is 7.13. The standard InChI is InChI=1S/C24H26N4O2S/c1-31-19-10-8-17(9-11-19)25-23(29)16-7-12-21-20(15-16)26-22-24(30)27(13-14-28(21)22)18-5-3-2-4-6-18/h7-12,15,18H,2-6,13-14H2,1H3,(H,25,29). The fraction of sp³-hybridized carbons (Fsp3) is 0.375. The zero-order valence-corrected chi connectivity index (χ0v) is 18.5. The van der Waals surface area contributed by atoms with Crippen molar-refractivity contribution in [3.8, 4) is 0 Å². The summed E-state index contributed by atoms with van der Waals surface area (Å²) in [6.45, 7) is 1.48. The normalized spacial score (nSPS) is 17.1. The third-order valence-electron chi connectivity index (χ3n) is 6.39. The van der Waals surface area contributed by atoms with Gasteiger partial charge in [-0.3, -0.25) is 9.59 Å². The Bertz CT molecular complexity index is 1130. The van der Waals surface area contributed by atoms with E-state index < -0.39 is 0 Å². The molecule has 1 aliphatic carbocycles. The summed E-state index contributed by atoms with van der Waals surface area (Å²) in [5.74, 6) is 0.339. The van der Waals surface area contributed by atoms with Gasteiger partial charge >= 0.3 is 0 Å². The maximum atomic E-state index is 13.2. The minimum atomic E-state index is -0.181. The zero-order chi connectivity index (χ0) is 21.4. The van der Waals surface area contributed by atoms with Gasteiger partial charge in [-0.05, 0) is 61.6 Å². The molecule has 3 aromatic rings. The van der Waals surface area contributed by atoms with Crippen LogP contribution in [0.1, 0.15) is 53.1 Å². The molecule has 5 rings (SSSR count). The van der Waals surface area contributed by atoms with E-state index in [1.54, 1.807) is 23.9 Å². The van der Waals surface area contributed by atoms with Gasteiger partial charge in [0.25, 0.3) is 11.8 Å². The van der Waals surface area contributed by atoms with Gasteiger partial charge in [-0.2, -0.15) is 0 Å². The average Bonchev–Trinajstić information content (AvgIpc) is 3.19. The Morgan fingerprint density at radius 3 is 2.58 bits per heavy atom. The van der Waals surface area contributed by atoms with Gasteiger partial charge in [0.1, 0.15) is 0 Å². The first kappa shape index (κ1) is 20.1. The van der Waals surface area contributed by atoms with Crippen LogP contribution in [0.3, 0.4) is 0 Å². The number of nitrogens with one attached hydrogen (secondary N) is 1. The summed E-state index contributed by atoms with van der Waals surface area (Å²) in [4.78, 5) is 33.7. The first-order chi connectivity index (χ1) is 15.1. The Hall–Kier alpha value is -2.80. The maximum absolute atomic E-state index is 13.2. The summed E-state index contributed by atoms with van der Waals surface area (Å²) < 4.78 is 2.00. The number of hydrogen-bond acceptors (Lipinski definition) is 4. The van der Waals surface area contributed by atoms with Crippen LogP contribution in [-0.4, -0.2) is 45.1 Å². The SMILES string of the molecule is CSc1ccc(NC(=O)c2ccc3c(c2)nc2n3CCN(C3CCCCC3)C2=O)cc1. The van der Waals surface area contributed by atoms with Crippen LogP contribution >= 0.6 is 11.8 Å². The molecule has 1 saturated carbocycles. The van der Waals surface area contributed by atoms with Crippen LogP contribution in [0.25, 0.3) is 11.0 Å². The van der Waals surface area contributed by atoms with Gasteiger partial charge in [-0.25, -0.2) is 4.98 Å². The van der Waals surface area contributed by atoms with Gasteiger partial charge < -0.3 is 14.8 Å². The van der Waals surface area contributed by atoms with E-state index in [1.807, 2.05) is 46.1 Å². The zero-order valence-electron chi connectivity index (χ0n) is 17.6. The number of fused-ring (bicyclic) bond motifs is 3. The van der Waals surface area contributed by atoms with Gasteiger partial charge in [0, 0.05) is 35.3 Å². The highest BCUT2D eigenvalue weighted by atomic mass is 32.2. The van der Waals surface area contributed by atoms with E-state index in [-0.39, 0.29) is 11.8 Å². The van der Waals surface area contributed by atoms with Crippen molar-refractivity contribution in [3.05, 3.63) is 53.9 Å². The lowest BCUT2D eigenvalue weighted by Gasteiger charge is -2.36. The monoisotopic (exact) mass is 434 g/mol. The predicted octanol–water partition coefficient (Wildman–Crippen LogP) is 4.80. The Labute approximate surface area is 186 Å². The second-order valence-electron chi connectivity index (χ2n) is 8.26. The smallest absolute Gasteiger partial charge is 0.290 e. The van der Waals surface area contributed by atoms with Crippen LogP contribution in [0, 0.1) is 0 Å². The molecule has 6 nitrogen and oxygen atoms in total. The van der Waals surface area contributed by atoms with E-state index in [2.05, 4.69) is 10.3 Å². The second-order valence-corrected chi connectivity index (χ2v) is 9.14. The Kier molecular flexibility index (Phi) is 5.44. The largest absolute Gasteiger partial charge is 0.331 e. The summed E-state index contributed by atoms with van der Waals surface area (Å²) >= 11 is 1.66. The van der Waals surface area contributed by atoms with E-state index in [9.17, 15) is 9.59 Å². The van der Waals surface area contributed by atoms with Gasteiger partial charge in [-0.15, -0.1) is 11.8 Å². The maximum Gasteiger partial charge on any atom is 0.290 e. The van der Waals surface area contributed by atoms with Gasteiger partial charge in [0.15, 0.2) is 5.82 Å². The minimum Gasteiger partial charge on any atom is -0.331 e. The molecule has 1 aliphatic heterocycles. The number of anilines is 1. The van der Waals surface area contributed by atoms with Crippen LogP contribution in [-0.2, 0) is 6.54 Å². The molecule has 0 saturated heterocycles. The second kappa shape index (κ2) is 8.38. The molecule has 0 unspecified atom stereocenters. The molecule has 0 spiro atoms. The first-order valence-corrected chi connectivity index (χ1v) is 12.1. The molecule has 1 fully saturated rings. The van der Waals surface area contributed by atoms with Crippen LogP contribution in [0.15, 0.2) is 47.4 Å². The molecular formula is C24H26N4O2S. The molecule has 1 aromatic heterocycles. The number of hydrogen-bond donors (Lipinski definition) is 1. The molecule has 2 amide bonds. The Morgan fingerprint density at radius 1 is 1.06 bits per heavy atom. The van der Waals surface area contributed by atoms with Crippen LogP contribution < -0.4 is 5.32 Å². The lowest BCUT2D eigenvalue weighted by Crippen LogP contribution is -2.47. The summed E-state index contributed by atoms with van der Waals surface area (Å²) in [6, 6.07) is 13.6. The molecule has 2 heterocycles. The summed E-state index contributed by atoms with van der Waals surface area (Å²) in [5.41, 5.74) is 2.89. The summed E-state index contributed by atoms with van der Waals surface area (Å²) in [5, 5.41) is 2.94. The van der Waals surface area contributed by atoms with Crippen molar-refractivity contribution < 1.29 is 9.59 Å². The molecule has 0 atom stereocenters. The number of amides is 2. The van der Waals surface area contributed by atoms with Crippen LogP contribution in [0.2, 0.25) is 0 Å². The fourth-order valence-corrected chi connectivity index (χ4v) is 5.13. The van der Waals surface area contributed by atoms with Crippen molar-refractivity contribution in [2.75, 3.05) is 18.1 Å². The van der Waals surface area contributed by atoms with Crippen LogP contribution in [0.4, 0.5) is 5.69 Å². The van der Waals surface area contributed by atoms with Gasteiger partial charge in [0.2, 0.25) is 0 Å². The number of thioether (sulfide) groups is 1. The Balaban J connectivity index is 1.38. The average molecular weight is 435 g/mol. The van der Waals surface area contributed by atoms with Crippen molar-refractivity contribution in [3.63, 3.8) is 0 Å². The molecule has 0 bridgehead atoms. The van der Waals surface area contributed by atoms with E-state index in [0.717, 1.165) is 42.0 Å². The molecule has 2 aromatic carbocycles. The number of benzene rings is 2. The fourth-order valence-electron chi connectivity index (χ4n) is 4.72. The lowest BCUT2D eigenvalue weighted by atomic mass is 9.94. The quantitative estimate of drug-likeness (QED) is 0.599. The van der Waals surface area contributed by atoms with Crippen molar-refractivity contribution >= 4 is 40.3 Å². The van der Waals surface area contributed by atoms with Gasteiger partial charge in [-0.1, -0.05) is 19.3 Å². The molecule has 160 valence electrons. The molecular weight excluding hydrogens is 408 g/mol. The molecule has 31 heavy (non-hydrogen) atoms. The van der Waals surface area contributed by atoms with Crippen molar-refractivity contribution in [2.24, 2.45) is 0 Å². The minimum absolute atomic E-state index is 0.0224. The van der Waals surface area contributed by atoms with Crippen molar-refractivity contribution in [2.45, 2.75) is 49.6 Å². The topological polar surface area (TPSA) is 67.2 Å². The number of carbonyl (C=O) groups excluding carboxylic acids is 2. The third kappa shape index (κ3) is 3.82. The highest BCUT2D eigenvalue weighted by Crippen LogP contribution is 2.28. The highest BCUT2D eigenvalue weighted by molar-refractivity contribution is 7.98. The Morgan fingerprint density at radius 2 is 1.84 bits per heavy atom. The van der Waals surface area contributed by atoms with E-state index in [0.29, 0.717) is 22.9 Å². The van der Waals surface area contributed by atoms with Crippen molar-refractivity contribution in [1.82, 2.24) is 14.5 Å². The summed E-state index contributed by atoms with van der Waals surface area (Å²) in [7, 11) is 0. The number of imidazole rings is 1. The predicted molar refractivity (Wildman–Crippen MR) is 124 cm³/mol. The molecule has 0 radical (unpaired) electrons.